The van der Waals surface area contributed by atoms with E-state index in [-0.39, 0.29) is 18.3 Å². The summed E-state index contributed by atoms with van der Waals surface area (Å²) in [5, 5.41) is 6.28. The van der Waals surface area contributed by atoms with Gasteiger partial charge in [-0.15, -0.1) is 12.4 Å². The van der Waals surface area contributed by atoms with Crippen molar-refractivity contribution in [2.45, 2.75) is 31.7 Å². The Bertz CT molecular complexity index is 462. The second-order valence-electron chi connectivity index (χ2n) is 4.95. The van der Waals surface area contributed by atoms with Crippen molar-refractivity contribution in [2.75, 3.05) is 26.1 Å². The summed E-state index contributed by atoms with van der Waals surface area (Å²) in [6.45, 7) is 1.07. The fourth-order valence-corrected chi connectivity index (χ4v) is 2.42. The number of rotatable bonds is 6. The zero-order valence-corrected chi connectivity index (χ0v) is 13.3. The van der Waals surface area contributed by atoms with Gasteiger partial charge in [-0.25, -0.2) is 0 Å². The Balaban J connectivity index is 0.00000220. The number of ether oxygens (including phenoxy) is 2. The fraction of sp³-hybridized carbons (Fsp3) is 0.533. The molecular weight excluding hydrogens is 292 g/mol. The Morgan fingerprint density at radius 2 is 2.19 bits per heavy atom. The zero-order valence-electron chi connectivity index (χ0n) is 12.5. The van der Waals surface area contributed by atoms with Gasteiger partial charge in [0.2, 0.25) is 5.91 Å². The summed E-state index contributed by atoms with van der Waals surface area (Å²) in [4.78, 5) is 12.0. The molecular formula is C15H23ClN2O3. The molecule has 2 N–H and O–H groups in total. The maximum atomic E-state index is 12.0. The van der Waals surface area contributed by atoms with Crippen molar-refractivity contribution in [3.63, 3.8) is 0 Å². The van der Waals surface area contributed by atoms with Crippen LogP contribution in [0.25, 0.3) is 0 Å². The standard InChI is InChI=1S/C15H22N2O3.ClH/c1-19-12-6-7-13(14(10-12)20-2)17-15(18)8-5-11-4-3-9-16-11;/h6-7,10-11,16H,3-5,8-9H2,1-2H3,(H,17,18);1H. The Labute approximate surface area is 131 Å². The van der Waals surface area contributed by atoms with Crippen molar-refractivity contribution in [3.8, 4) is 11.5 Å². The Kier molecular flexibility index (Phi) is 7.32. The van der Waals surface area contributed by atoms with E-state index in [1.165, 1.54) is 12.8 Å². The SMILES string of the molecule is COc1ccc(NC(=O)CCC2CCCN2)c(OC)c1.Cl. The van der Waals surface area contributed by atoms with Crippen LogP contribution in [-0.4, -0.2) is 32.7 Å². The molecule has 1 aromatic rings. The highest BCUT2D eigenvalue weighted by molar-refractivity contribution is 5.92. The molecule has 0 aliphatic carbocycles. The van der Waals surface area contributed by atoms with Gasteiger partial charge < -0.3 is 20.1 Å². The van der Waals surface area contributed by atoms with E-state index >= 15 is 0 Å². The van der Waals surface area contributed by atoms with E-state index in [4.69, 9.17) is 9.47 Å². The first-order valence-electron chi connectivity index (χ1n) is 6.98. The van der Waals surface area contributed by atoms with Crippen molar-refractivity contribution < 1.29 is 14.3 Å². The number of halogens is 1. The topological polar surface area (TPSA) is 59.6 Å². The summed E-state index contributed by atoms with van der Waals surface area (Å²) in [5.41, 5.74) is 0.678. The summed E-state index contributed by atoms with van der Waals surface area (Å²) < 4.78 is 10.4. The molecule has 6 heteroatoms. The number of hydrogen-bond acceptors (Lipinski definition) is 4. The molecule has 1 amide bonds. The maximum absolute atomic E-state index is 12.0. The molecule has 5 nitrogen and oxygen atoms in total. The molecule has 1 unspecified atom stereocenters. The molecule has 0 aromatic heterocycles. The molecule has 0 saturated carbocycles. The van der Waals surface area contributed by atoms with Crippen molar-refractivity contribution in [1.82, 2.24) is 5.32 Å². The third kappa shape index (κ3) is 5.10. The summed E-state index contributed by atoms with van der Waals surface area (Å²) in [5.74, 6) is 1.33. The lowest BCUT2D eigenvalue weighted by atomic mass is 10.1. The fourth-order valence-electron chi connectivity index (χ4n) is 2.42. The van der Waals surface area contributed by atoms with Crippen LogP contribution >= 0.6 is 12.4 Å². The predicted octanol–water partition coefficient (Wildman–Crippen LogP) is 2.60. The normalized spacial score (nSPS) is 17.0. The van der Waals surface area contributed by atoms with Crippen LogP contribution in [0.4, 0.5) is 5.69 Å². The second kappa shape index (κ2) is 8.74. The number of carbonyl (C=O) groups is 1. The lowest BCUT2D eigenvalue weighted by Gasteiger charge is -2.13. The van der Waals surface area contributed by atoms with Gasteiger partial charge in [-0.2, -0.15) is 0 Å². The van der Waals surface area contributed by atoms with Crippen molar-refractivity contribution in [2.24, 2.45) is 0 Å². The van der Waals surface area contributed by atoms with E-state index in [9.17, 15) is 4.79 Å². The van der Waals surface area contributed by atoms with Crippen molar-refractivity contribution >= 4 is 24.0 Å². The van der Waals surface area contributed by atoms with E-state index < -0.39 is 0 Å². The summed E-state index contributed by atoms with van der Waals surface area (Å²) in [7, 11) is 3.18. The van der Waals surface area contributed by atoms with Crippen LogP contribution in [0.15, 0.2) is 18.2 Å². The average molecular weight is 315 g/mol. The van der Waals surface area contributed by atoms with E-state index in [1.54, 1.807) is 32.4 Å². The Morgan fingerprint density at radius 1 is 1.38 bits per heavy atom. The van der Waals surface area contributed by atoms with Crippen LogP contribution in [-0.2, 0) is 4.79 Å². The first-order chi connectivity index (χ1) is 9.72. The smallest absolute Gasteiger partial charge is 0.224 e. The number of benzene rings is 1. The minimum atomic E-state index is 0. The molecule has 0 spiro atoms. The average Bonchev–Trinajstić information content (AvgIpc) is 2.99. The van der Waals surface area contributed by atoms with E-state index in [0.717, 1.165) is 13.0 Å². The number of carbonyl (C=O) groups excluding carboxylic acids is 1. The molecule has 21 heavy (non-hydrogen) atoms. The van der Waals surface area contributed by atoms with Crippen LogP contribution in [0.5, 0.6) is 11.5 Å². The van der Waals surface area contributed by atoms with Gasteiger partial charge in [-0.1, -0.05) is 0 Å². The van der Waals surface area contributed by atoms with Gasteiger partial charge in [0.05, 0.1) is 19.9 Å². The molecule has 1 fully saturated rings. The number of anilines is 1. The highest BCUT2D eigenvalue weighted by atomic mass is 35.5. The van der Waals surface area contributed by atoms with Crippen LogP contribution in [0.2, 0.25) is 0 Å². The third-order valence-electron chi connectivity index (χ3n) is 3.57. The Morgan fingerprint density at radius 3 is 2.81 bits per heavy atom. The number of nitrogens with one attached hydrogen (secondary N) is 2. The minimum absolute atomic E-state index is 0. The largest absolute Gasteiger partial charge is 0.497 e. The van der Waals surface area contributed by atoms with Gasteiger partial charge in [0, 0.05) is 18.5 Å². The lowest BCUT2D eigenvalue weighted by molar-refractivity contribution is -0.116. The van der Waals surface area contributed by atoms with Gasteiger partial charge in [0.15, 0.2) is 0 Å². The quantitative estimate of drug-likeness (QED) is 0.847. The van der Waals surface area contributed by atoms with Gasteiger partial charge in [0.25, 0.3) is 0 Å². The maximum Gasteiger partial charge on any atom is 0.224 e. The third-order valence-corrected chi connectivity index (χ3v) is 3.57. The highest BCUT2D eigenvalue weighted by Gasteiger charge is 2.16. The molecule has 1 heterocycles. The van der Waals surface area contributed by atoms with E-state index in [0.29, 0.717) is 29.6 Å². The van der Waals surface area contributed by atoms with Crippen molar-refractivity contribution in [1.29, 1.82) is 0 Å². The second-order valence-corrected chi connectivity index (χ2v) is 4.95. The van der Waals surface area contributed by atoms with Gasteiger partial charge in [-0.3, -0.25) is 4.79 Å². The van der Waals surface area contributed by atoms with Gasteiger partial charge in [0.1, 0.15) is 11.5 Å². The molecule has 1 atom stereocenters. The molecule has 1 aliphatic heterocycles. The Hall–Kier alpha value is -1.46. The molecule has 1 saturated heterocycles. The van der Waals surface area contributed by atoms with Gasteiger partial charge in [-0.05, 0) is 37.9 Å². The van der Waals surface area contributed by atoms with Crippen LogP contribution < -0.4 is 20.1 Å². The molecule has 0 radical (unpaired) electrons. The zero-order chi connectivity index (χ0) is 14.4. The van der Waals surface area contributed by atoms with E-state index in [1.807, 2.05) is 0 Å². The van der Waals surface area contributed by atoms with Crippen molar-refractivity contribution in [3.05, 3.63) is 18.2 Å². The molecule has 1 aromatic carbocycles. The van der Waals surface area contributed by atoms with Gasteiger partial charge >= 0.3 is 0 Å². The molecule has 2 rings (SSSR count). The minimum Gasteiger partial charge on any atom is -0.497 e. The number of hydrogen-bond donors (Lipinski definition) is 2. The molecule has 1 aliphatic rings. The highest BCUT2D eigenvalue weighted by Crippen LogP contribution is 2.29. The van der Waals surface area contributed by atoms with E-state index in [2.05, 4.69) is 10.6 Å². The molecule has 118 valence electrons. The lowest BCUT2D eigenvalue weighted by Crippen LogP contribution is -2.23. The number of amides is 1. The summed E-state index contributed by atoms with van der Waals surface area (Å²) >= 11 is 0. The first-order valence-corrected chi connectivity index (χ1v) is 6.98. The van der Waals surface area contributed by atoms with Crippen LogP contribution in [0.1, 0.15) is 25.7 Å². The summed E-state index contributed by atoms with van der Waals surface area (Å²) in [6, 6.07) is 5.84. The monoisotopic (exact) mass is 314 g/mol. The van der Waals surface area contributed by atoms with Crippen LogP contribution in [0, 0.1) is 0 Å². The predicted molar refractivity (Wildman–Crippen MR) is 85.7 cm³/mol. The number of methoxy groups -OCH3 is 2. The van der Waals surface area contributed by atoms with Crippen LogP contribution in [0.3, 0.4) is 0 Å². The molecule has 0 bridgehead atoms. The first kappa shape index (κ1) is 17.6. The summed E-state index contributed by atoms with van der Waals surface area (Å²) in [6.07, 6.45) is 3.77.